The molecule has 0 radical (unpaired) electrons. The molecule has 1 saturated heterocycles. The molecule has 1 heterocycles. The van der Waals surface area contributed by atoms with Gasteiger partial charge in [-0.1, -0.05) is 13.8 Å². The van der Waals surface area contributed by atoms with Crippen LogP contribution in [-0.4, -0.2) is 66.7 Å². The van der Waals surface area contributed by atoms with Gasteiger partial charge in [0.05, 0.1) is 6.61 Å². The summed E-state index contributed by atoms with van der Waals surface area (Å²) in [7, 11) is 0. The van der Waals surface area contributed by atoms with Crippen LogP contribution in [0.2, 0.25) is 0 Å². The summed E-state index contributed by atoms with van der Waals surface area (Å²) >= 11 is 0. The lowest BCUT2D eigenvalue weighted by Crippen LogP contribution is -2.58. The van der Waals surface area contributed by atoms with Gasteiger partial charge in [-0.25, -0.2) is 4.79 Å². The van der Waals surface area contributed by atoms with Gasteiger partial charge in [0.1, 0.15) is 5.54 Å². The van der Waals surface area contributed by atoms with Crippen LogP contribution in [0.25, 0.3) is 0 Å². The molecule has 5 heteroatoms. The third-order valence-corrected chi connectivity index (χ3v) is 5.02. The van der Waals surface area contributed by atoms with E-state index in [1.54, 1.807) is 0 Å². The first kappa shape index (κ1) is 16.7. The molecule has 2 N–H and O–H groups in total. The minimum absolute atomic E-state index is 0.209. The third kappa shape index (κ3) is 3.76. The molecule has 21 heavy (non-hydrogen) atoms. The highest BCUT2D eigenvalue weighted by atomic mass is 16.5. The first-order valence-electron chi connectivity index (χ1n) is 8.47. The monoisotopic (exact) mass is 297 g/mol. The van der Waals surface area contributed by atoms with Crippen molar-refractivity contribution in [3.63, 3.8) is 0 Å². The van der Waals surface area contributed by atoms with Crippen molar-refractivity contribution in [3.05, 3.63) is 0 Å². The molecular formula is C16H31N3O2. The van der Waals surface area contributed by atoms with E-state index in [0.29, 0.717) is 25.1 Å². The van der Waals surface area contributed by atoms with Gasteiger partial charge in [-0.3, -0.25) is 9.80 Å². The molecular weight excluding hydrogens is 266 g/mol. The fourth-order valence-electron chi connectivity index (χ4n) is 3.59. The number of rotatable bonds is 8. The summed E-state index contributed by atoms with van der Waals surface area (Å²) in [5.41, 5.74) is 5.67. The van der Waals surface area contributed by atoms with Crippen LogP contribution in [-0.2, 0) is 9.53 Å². The van der Waals surface area contributed by atoms with Crippen molar-refractivity contribution in [1.82, 2.24) is 9.80 Å². The van der Waals surface area contributed by atoms with Crippen molar-refractivity contribution in [1.29, 1.82) is 0 Å². The van der Waals surface area contributed by atoms with Crippen molar-refractivity contribution in [2.45, 2.75) is 51.6 Å². The Bertz CT molecular complexity index is 355. The Morgan fingerprint density at radius 1 is 1.29 bits per heavy atom. The summed E-state index contributed by atoms with van der Waals surface area (Å²) in [6.45, 7) is 11.5. The Morgan fingerprint density at radius 2 is 1.95 bits per heavy atom. The topological polar surface area (TPSA) is 58.8 Å². The molecule has 2 rings (SSSR count). The van der Waals surface area contributed by atoms with E-state index in [4.69, 9.17) is 10.5 Å². The quantitative estimate of drug-likeness (QED) is 0.679. The summed E-state index contributed by atoms with van der Waals surface area (Å²) in [4.78, 5) is 17.1. The number of hydrogen-bond acceptors (Lipinski definition) is 5. The lowest BCUT2D eigenvalue weighted by atomic mass is 9.94. The molecule has 2 aliphatic rings. The summed E-state index contributed by atoms with van der Waals surface area (Å²) < 4.78 is 5.23. The zero-order valence-electron chi connectivity index (χ0n) is 13.8. The number of likely N-dealkylation sites (tertiary alicyclic amines) is 1. The van der Waals surface area contributed by atoms with Gasteiger partial charge in [-0.15, -0.1) is 0 Å². The molecule has 0 aromatic carbocycles. The van der Waals surface area contributed by atoms with Gasteiger partial charge in [-0.05, 0) is 51.7 Å². The van der Waals surface area contributed by atoms with E-state index in [1.165, 1.54) is 6.42 Å². The summed E-state index contributed by atoms with van der Waals surface area (Å²) in [6, 6.07) is 0.602. The molecule has 0 aromatic rings. The Kier molecular flexibility index (Phi) is 5.63. The maximum atomic E-state index is 12.3. The first-order chi connectivity index (χ1) is 10.0. The van der Waals surface area contributed by atoms with Gasteiger partial charge in [0.25, 0.3) is 0 Å². The average molecular weight is 297 g/mol. The summed E-state index contributed by atoms with van der Waals surface area (Å²) in [5.74, 6) is 0.0999. The maximum Gasteiger partial charge on any atom is 0.327 e. The Balaban J connectivity index is 1.94. The standard InChI is InChI=1S/C16H31N3O2/c1-4-19(5-2)14-9-10-18(11-14)12-16(17,13-7-8-13)15(20)21-6-3/h13-14H,4-12,17H2,1-3H3. The van der Waals surface area contributed by atoms with E-state index in [0.717, 1.165) is 39.0 Å². The molecule has 5 nitrogen and oxygen atoms in total. The van der Waals surface area contributed by atoms with E-state index >= 15 is 0 Å². The lowest BCUT2D eigenvalue weighted by molar-refractivity contribution is -0.151. The molecule has 122 valence electrons. The van der Waals surface area contributed by atoms with Gasteiger partial charge in [-0.2, -0.15) is 0 Å². The highest BCUT2D eigenvalue weighted by Crippen LogP contribution is 2.40. The highest BCUT2D eigenvalue weighted by molar-refractivity contribution is 5.82. The van der Waals surface area contributed by atoms with Crippen LogP contribution in [0, 0.1) is 5.92 Å². The van der Waals surface area contributed by atoms with Crippen LogP contribution in [0.15, 0.2) is 0 Å². The number of nitrogens with zero attached hydrogens (tertiary/aromatic N) is 2. The first-order valence-corrected chi connectivity index (χ1v) is 8.47. The molecule has 2 fully saturated rings. The molecule has 0 spiro atoms. The second kappa shape index (κ2) is 7.07. The van der Waals surface area contributed by atoms with E-state index in [9.17, 15) is 4.79 Å². The zero-order valence-corrected chi connectivity index (χ0v) is 13.8. The largest absolute Gasteiger partial charge is 0.465 e. The number of esters is 1. The van der Waals surface area contributed by atoms with Crippen LogP contribution in [0.4, 0.5) is 0 Å². The van der Waals surface area contributed by atoms with Gasteiger partial charge in [0.15, 0.2) is 0 Å². The van der Waals surface area contributed by atoms with E-state index in [2.05, 4.69) is 23.6 Å². The van der Waals surface area contributed by atoms with Gasteiger partial charge >= 0.3 is 5.97 Å². The number of carbonyl (C=O) groups is 1. The van der Waals surface area contributed by atoms with Crippen LogP contribution < -0.4 is 5.73 Å². The minimum Gasteiger partial charge on any atom is -0.465 e. The van der Waals surface area contributed by atoms with Gasteiger partial charge in [0.2, 0.25) is 0 Å². The molecule has 0 amide bonds. The van der Waals surface area contributed by atoms with Crippen molar-refractivity contribution in [3.8, 4) is 0 Å². The molecule has 2 unspecified atom stereocenters. The minimum atomic E-state index is -0.797. The van der Waals surface area contributed by atoms with E-state index < -0.39 is 5.54 Å². The van der Waals surface area contributed by atoms with Crippen molar-refractivity contribution >= 4 is 5.97 Å². The third-order valence-electron chi connectivity index (χ3n) is 5.02. The highest BCUT2D eigenvalue weighted by Gasteiger charge is 2.50. The van der Waals surface area contributed by atoms with Crippen molar-refractivity contribution in [2.75, 3.05) is 39.3 Å². The Labute approximate surface area is 128 Å². The van der Waals surface area contributed by atoms with Crippen LogP contribution in [0.5, 0.6) is 0 Å². The van der Waals surface area contributed by atoms with E-state index in [1.807, 2.05) is 6.92 Å². The second-order valence-corrected chi connectivity index (χ2v) is 6.43. The van der Waals surface area contributed by atoms with Crippen molar-refractivity contribution < 1.29 is 9.53 Å². The summed E-state index contributed by atoms with van der Waals surface area (Å²) in [6.07, 6.45) is 3.29. The molecule has 1 saturated carbocycles. The fraction of sp³-hybridized carbons (Fsp3) is 0.938. The molecule has 0 aromatic heterocycles. The summed E-state index contributed by atoms with van der Waals surface area (Å²) in [5, 5.41) is 0. The number of ether oxygens (including phenoxy) is 1. The Hall–Kier alpha value is -0.650. The number of nitrogens with two attached hydrogens (primary N) is 1. The van der Waals surface area contributed by atoms with Crippen LogP contribution >= 0.6 is 0 Å². The predicted octanol–water partition coefficient (Wildman–Crippen LogP) is 1.07. The normalized spacial score (nSPS) is 26.0. The smallest absolute Gasteiger partial charge is 0.327 e. The molecule has 2 atom stereocenters. The number of hydrogen-bond donors (Lipinski definition) is 1. The molecule has 0 bridgehead atoms. The van der Waals surface area contributed by atoms with Gasteiger partial charge < -0.3 is 10.5 Å². The lowest BCUT2D eigenvalue weighted by Gasteiger charge is -2.32. The molecule has 1 aliphatic carbocycles. The van der Waals surface area contributed by atoms with E-state index in [-0.39, 0.29) is 5.97 Å². The van der Waals surface area contributed by atoms with Crippen LogP contribution in [0.3, 0.4) is 0 Å². The Morgan fingerprint density at radius 3 is 2.48 bits per heavy atom. The van der Waals surface area contributed by atoms with Crippen molar-refractivity contribution in [2.24, 2.45) is 11.7 Å². The number of carbonyl (C=O) groups excluding carboxylic acids is 1. The number of likely N-dealkylation sites (N-methyl/N-ethyl adjacent to an activating group) is 1. The SMILES string of the molecule is CCOC(=O)C(N)(CN1CCC(N(CC)CC)C1)C1CC1. The fourth-order valence-corrected chi connectivity index (χ4v) is 3.59. The predicted molar refractivity (Wildman–Crippen MR) is 84.0 cm³/mol. The maximum absolute atomic E-state index is 12.3. The zero-order chi connectivity index (χ0) is 15.5. The van der Waals surface area contributed by atoms with Crippen LogP contribution in [0.1, 0.15) is 40.0 Å². The average Bonchev–Trinajstić information content (AvgIpc) is 3.23. The second-order valence-electron chi connectivity index (χ2n) is 6.43. The molecule has 1 aliphatic heterocycles. The van der Waals surface area contributed by atoms with Gasteiger partial charge in [0, 0.05) is 19.1 Å².